The first-order chi connectivity index (χ1) is 17.2. The number of benzene rings is 2. The number of rotatable bonds is 4. The number of alkyl halides is 1. The summed E-state index contributed by atoms with van der Waals surface area (Å²) in [5, 5.41) is 11.6. The Bertz CT molecular complexity index is 1200. The van der Waals surface area contributed by atoms with Crippen molar-refractivity contribution in [3.8, 4) is 6.07 Å². The van der Waals surface area contributed by atoms with Crippen LogP contribution in [0.3, 0.4) is 0 Å². The van der Waals surface area contributed by atoms with Crippen LogP contribution in [0.15, 0.2) is 42.5 Å². The number of nitrogens with one attached hydrogen (secondary N) is 1. The zero-order valence-corrected chi connectivity index (χ0v) is 20.4. The third kappa shape index (κ3) is 5.48. The SMILES string of the molecule is CC(=O)N1CCC(OC(=O)Nc2ccc(C)c(C(=O)N3CCC(F)(c4ccc(C#N)cc4)CC3)c2)C1. The van der Waals surface area contributed by atoms with Crippen LogP contribution in [0.2, 0.25) is 0 Å². The minimum atomic E-state index is -1.55. The minimum absolute atomic E-state index is 0.0529. The van der Waals surface area contributed by atoms with E-state index in [9.17, 15) is 14.4 Å². The van der Waals surface area contributed by atoms with Gasteiger partial charge in [0.1, 0.15) is 11.8 Å². The second kappa shape index (κ2) is 10.4. The fraction of sp³-hybridized carbons (Fsp3) is 0.407. The molecule has 2 heterocycles. The van der Waals surface area contributed by atoms with Crippen LogP contribution in [0.25, 0.3) is 0 Å². The summed E-state index contributed by atoms with van der Waals surface area (Å²) in [4.78, 5) is 40.3. The average molecular weight is 493 g/mol. The maximum absolute atomic E-state index is 15.6. The van der Waals surface area contributed by atoms with Gasteiger partial charge in [0.25, 0.3) is 5.91 Å². The van der Waals surface area contributed by atoms with E-state index in [1.807, 2.05) is 13.0 Å². The highest BCUT2D eigenvalue weighted by Crippen LogP contribution is 2.37. The number of ether oxygens (including phenoxy) is 1. The molecule has 9 heteroatoms. The molecule has 0 bridgehead atoms. The lowest BCUT2D eigenvalue weighted by Gasteiger charge is -2.37. The number of amides is 3. The van der Waals surface area contributed by atoms with Crippen LogP contribution in [-0.2, 0) is 15.2 Å². The minimum Gasteiger partial charge on any atom is -0.444 e. The lowest BCUT2D eigenvalue weighted by Crippen LogP contribution is -2.43. The van der Waals surface area contributed by atoms with E-state index in [0.717, 1.165) is 5.56 Å². The molecular weight excluding hydrogens is 463 g/mol. The summed E-state index contributed by atoms with van der Waals surface area (Å²) in [6.07, 6.45) is -0.113. The Morgan fingerprint density at radius 3 is 2.39 bits per heavy atom. The standard InChI is InChI=1S/C27H29FN4O4/c1-18-3-8-22(30-26(35)36-23-9-12-32(17-23)19(2)33)15-24(18)25(34)31-13-10-27(28,11-14-31)21-6-4-20(16-29)5-7-21/h3-8,15,23H,9-14,17H2,1-2H3,(H,30,35). The van der Waals surface area contributed by atoms with Crippen molar-refractivity contribution in [2.24, 2.45) is 0 Å². The summed E-state index contributed by atoms with van der Waals surface area (Å²) in [7, 11) is 0. The highest BCUT2D eigenvalue weighted by molar-refractivity contribution is 5.97. The van der Waals surface area contributed by atoms with Crippen molar-refractivity contribution in [2.75, 3.05) is 31.5 Å². The molecule has 0 saturated carbocycles. The number of carbonyl (C=O) groups is 3. The van der Waals surface area contributed by atoms with Crippen molar-refractivity contribution in [1.29, 1.82) is 5.26 Å². The van der Waals surface area contributed by atoms with Gasteiger partial charge in [0.05, 0.1) is 18.2 Å². The Morgan fingerprint density at radius 2 is 1.78 bits per heavy atom. The molecule has 2 fully saturated rings. The van der Waals surface area contributed by atoms with Crippen molar-refractivity contribution in [3.63, 3.8) is 0 Å². The first kappa shape index (κ1) is 25.2. The third-order valence-electron chi connectivity index (χ3n) is 6.95. The monoisotopic (exact) mass is 492 g/mol. The van der Waals surface area contributed by atoms with Crippen LogP contribution in [0.1, 0.15) is 53.2 Å². The van der Waals surface area contributed by atoms with Gasteiger partial charge in [0.2, 0.25) is 5.91 Å². The molecule has 8 nitrogen and oxygen atoms in total. The Balaban J connectivity index is 1.37. The van der Waals surface area contributed by atoms with Crippen LogP contribution < -0.4 is 5.32 Å². The van der Waals surface area contributed by atoms with Crippen LogP contribution >= 0.6 is 0 Å². The summed E-state index contributed by atoms with van der Waals surface area (Å²) >= 11 is 0. The topological polar surface area (TPSA) is 103 Å². The third-order valence-corrected chi connectivity index (χ3v) is 6.95. The van der Waals surface area contributed by atoms with Crippen molar-refractivity contribution in [3.05, 3.63) is 64.7 Å². The molecule has 1 N–H and O–H groups in total. The highest BCUT2D eigenvalue weighted by atomic mass is 19.1. The number of piperidine rings is 1. The molecule has 3 amide bonds. The fourth-order valence-electron chi connectivity index (χ4n) is 4.71. The van der Waals surface area contributed by atoms with E-state index in [0.29, 0.717) is 41.9 Å². The Labute approximate surface area is 209 Å². The predicted octanol–water partition coefficient (Wildman–Crippen LogP) is 4.14. The average Bonchev–Trinajstić information content (AvgIpc) is 3.34. The number of aryl methyl sites for hydroxylation is 1. The lowest BCUT2D eigenvalue weighted by atomic mass is 9.85. The number of halogens is 1. The first-order valence-corrected chi connectivity index (χ1v) is 12.0. The summed E-state index contributed by atoms with van der Waals surface area (Å²) in [5.74, 6) is -0.276. The molecular formula is C27H29FN4O4. The summed E-state index contributed by atoms with van der Waals surface area (Å²) < 4.78 is 21.0. The van der Waals surface area contributed by atoms with E-state index in [1.165, 1.54) is 6.92 Å². The van der Waals surface area contributed by atoms with Gasteiger partial charge in [-0.25, -0.2) is 9.18 Å². The molecule has 1 atom stereocenters. The molecule has 1 unspecified atom stereocenters. The van der Waals surface area contributed by atoms with E-state index in [-0.39, 0.29) is 43.8 Å². The van der Waals surface area contributed by atoms with Crippen LogP contribution in [0.5, 0.6) is 0 Å². The zero-order valence-electron chi connectivity index (χ0n) is 20.4. The van der Waals surface area contributed by atoms with E-state index >= 15 is 4.39 Å². The van der Waals surface area contributed by atoms with Gasteiger partial charge in [-0.3, -0.25) is 14.9 Å². The predicted molar refractivity (Wildman–Crippen MR) is 131 cm³/mol. The molecule has 0 radical (unpaired) electrons. The van der Waals surface area contributed by atoms with Gasteiger partial charge in [-0.05, 0) is 42.3 Å². The summed E-state index contributed by atoms with van der Waals surface area (Å²) in [6, 6.07) is 13.6. The van der Waals surface area contributed by atoms with Crippen LogP contribution in [-0.4, -0.2) is 60.0 Å². The quantitative estimate of drug-likeness (QED) is 0.691. The zero-order chi connectivity index (χ0) is 25.9. The van der Waals surface area contributed by atoms with Crippen molar-refractivity contribution >= 4 is 23.6 Å². The number of nitrogens with zero attached hydrogens (tertiary/aromatic N) is 3. The molecule has 0 aliphatic carbocycles. The van der Waals surface area contributed by atoms with Gasteiger partial charge in [-0.2, -0.15) is 5.26 Å². The number of carbonyl (C=O) groups excluding carboxylic acids is 3. The van der Waals surface area contributed by atoms with E-state index < -0.39 is 11.8 Å². The normalized spacial score (nSPS) is 18.9. The Hall–Kier alpha value is -3.93. The molecule has 2 saturated heterocycles. The molecule has 36 heavy (non-hydrogen) atoms. The maximum Gasteiger partial charge on any atom is 0.411 e. The maximum atomic E-state index is 15.6. The van der Waals surface area contributed by atoms with E-state index in [4.69, 9.17) is 10.00 Å². The fourth-order valence-corrected chi connectivity index (χ4v) is 4.71. The van der Waals surface area contributed by atoms with E-state index in [1.54, 1.807) is 52.3 Å². The second-order valence-electron chi connectivity index (χ2n) is 9.38. The summed E-state index contributed by atoms with van der Waals surface area (Å²) in [6.45, 7) is 4.72. The first-order valence-electron chi connectivity index (χ1n) is 12.0. The number of hydrogen-bond donors (Lipinski definition) is 1. The molecule has 2 aliphatic heterocycles. The molecule has 0 spiro atoms. The number of likely N-dealkylation sites (tertiary alicyclic amines) is 2. The molecule has 0 aromatic heterocycles. The van der Waals surface area contributed by atoms with E-state index in [2.05, 4.69) is 5.32 Å². The molecule has 2 aromatic carbocycles. The Morgan fingerprint density at radius 1 is 1.08 bits per heavy atom. The molecule has 2 aliphatic rings. The van der Waals surface area contributed by atoms with Gasteiger partial charge >= 0.3 is 6.09 Å². The summed E-state index contributed by atoms with van der Waals surface area (Å²) in [5.41, 5.74) is 1.04. The van der Waals surface area contributed by atoms with Crippen molar-refractivity contribution in [2.45, 2.75) is 44.9 Å². The van der Waals surface area contributed by atoms with Gasteiger partial charge in [0.15, 0.2) is 0 Å². The van der Waals surface area contributed by atoms with Gasteiger partial charge in [0, 0.05) is 57.1 Å². The van der Waals surface area contributed by atoms with Crippen molar-refractivity contribution < 1.29 is 23.5 Å². The number of nitriles is 1. The van der Waals surface area contributed by atoms with Crippen LogP contribution in [0, 0.1) is 18.3 Å². The van der Waals surface area contributed by atoms with Gasteiger partial charge < -0.3 is 14.5 Å². The molecule has 188 valence electrons. The smallest absolute Gasteiger partial charge is 0.411 e. The largest absolute Gasteiger partial charge is 0.444 e. The van der Waals surface area contributed by atoms with Gasteiger partial charge in [-0.15, -0.1) is 0 Å². The number of hydrogen-bond acceptors (Lipinski definition) is 5. The molecule has 4 rings (SSSR count). The highest BCUT2D eigenvalue weighted by Gasteiger charge is 2.38. The lowest BCUT2D eigenvalue weighted by molar-refractivity contribution is -0.128. The molecule has 2 aromatic rings. The Kier molecular flexibility index (Phi) is 7.25. The van der Waals surface area contributed by atoms with Crippen molar-refractivity contribution in [1.82, 2.24) is 9.80 Å². The number of anilines is 1. The second-order valence-corrected chi connectivity index (χ2v) is 9.38. The van der Waals surface area contributed by atoms with Crippen LogP contribution in [0.4, 0.5) is 14.9 Å². The van der Waals surface area contributed by atoms with Gasteiger partial charge in [-0.1, -0.05) is 18.2 Å².